The lowest BCUT2D eigenvalue weighted by molar-refractivity contribution is -0.128. The van der Waals surface area contributed by atoms with Crippen LogP contribution in [0, 0.1) is 0 Å². The van der Waals surface area contributed by atoms with E-state index in [1.54, 1.807) is 36.4 Å². The molecular weight excluding hydrogens is 418 g/mol. The van der Waals surface area contributed by atoms with E-state index in [0.717, 1.165) is 25.9 Å². The minimum Gasteiger partial charge on any atom is -0.497 e. The van der Waals surface area contributed by atoms with Crippen LogP contribution in [0.1, 0.15) is 12.8 Å². The van der Waals surface area contributed by atoms with Crippen LogP contribution in [0.3, 0.4) is 0 Å². The molecular formula is C22H27N3O5S. The number of sulfonamides is 1. The second-order valence-corrected chi connectivity index (χ2v) is 9.73. The summed E-state index contributed by atoms with van der Waals surface area (Å²) >= 11 is 0. The lowest BCUT2D eigenvalue weighted by Gasteiger charge is -2.36. The molecule has 0 bridgehead atoms. The molecule has 0 unspecified atom stereocenters. The van der Waals surface area contributed by atoms with Crippen LogP contribution < -0.4 is 19.1 Å². The maximum atomic E-state index is 13.4. The van der Waals surface area contributed by atoms with Gasteiger partial charge in [-0.2, -0.15) is 0 Å². The van der Waals surface area contributed by atoms with E-state index in [4.69, 9.17) is 9.47 Å². The molecule has 2 aromatic carbocycles. The Hall–Kier alpha value is -2.78. The molecule has 2 aliphatic rings. The Labute approximate surface area is 182 Å². The number of methoxy groups -OCH3 is 1. The number of anilines is 1. The topological polar surface area (TPSA) is 88.2 Å². The summed E-state index contributed by atoms with van der Waals surface area (Å²) in [5, 5.41) is 3.04. The van der Waals surface area contributed by atoms with Crippen molar-refractivity contribution in [3.63, 3.8) is 0 Å². The van der Waals surface area contributed by atoms with Crippen molar-refractivity contribution in [1.82, 2.24) is 10.2 Å². The van der Waals surface area contributed by atoms with Crippen molar-refractivity contribution < 1.29 is 22.7 Å². The molecule has 0 spiro atoms. The van der Waals surface area contributed by atoms with Crippen LogP contribution in [0.5, 0.6) is 11.5 Å². The van der Waals surface area contributed by atoms with Gasteiger partial charge in [0, 0.05) is 6.04 Å². The van der Waals surface area contributed by atoms with E-state index in [1.165, 1.54) is 23.5 Å². The number of carbonyl (C=O) groups is 1. The third kappa shape index (κ3) is 4.47. The molecule has 31 heavy (non-hydrogen) atoms. The standard InChI is InChI=1S/C22H27N3O5S/c1-24-13-11-16(12-14-24)23-22(26)21-15-25(19-5-3-4-6-20(19)30-21)31(27,28)18-9-7-17(29-2)8-10-18/h3-10,16,21H,11-15H2,1-2H3,(H,23,26)/t21-/m1/s1. The minimum atomic E-state index is -3.90. The van der Waals surface area contributed by atoms with Gasteiger partial charge in [0.15, 0.2) is 6.10 Å². The highest BCUT2D eigenvalue weighted by atomic mass is 32.2. The van der Waals surface area contributed by atoms with Gasteiger partial charge in [-0.3, -0.25) is 9.10 Å². The van der Waals surface area contributed by atoms with Crippen molar-refractivity contribution >= 4 is 21.6 Å². The number of fused-ring (bicyclic) bond motifs is 1. The van der Waals surface area contributed by atoms with Crippen molar-refractivity contribution in [3.8, 4) is 11.5 Å². The number of amides is 1. The van der Waals surface area contributed by atoms with E-state index in [0.29, 0.717) is 17.2 Å². The average Bonchev–Trinajstić information content (AvgIpc) is 2.79. The van der Waals surface area contributed by atoms with Crippen LogP contribution in [-0.4, -0.2) is 65.2 Å². The number of hydrogen-bond donors (Lipinski definition) is 1. The van der Waals surface area contributed by atoms with Gasteiger partial charge in [-0.1, -0.05) is 12.1 Å². The summed E-state index contributed by atoms with van der Waals surface area (Å²) in [6.45, 7) is 1.73. The third-order valence-corrected chi connectivity index (χ3v) is 7.53. The second kappa shape index (κ2) is 8.76. The molecule has 8 nitrogen and oxygen atoms in total. The van der Waals surface area contributed by atoms with Crippen molar-refractivity contribution in [1.29, 1.82) is 0 Å². The Morgan fingerprint density at radius 3 is 2.45 bits per heavy atom. The number of ether oxygens (including phenoxy) is 2. The zero-order valence-electron chi connectivity index (χ0n) is 17.7. The van der Waals surface area contributed by atoms with Gasteiger partial charge in [-0.15, -0.1) is 0 Å². The van der Waals surface area contributed by atoms with Crippen LogP contribution in [0.4, 0.5) is 5.69 Å². The number of carbonyl (C=O) groups excluding carboxylic acids is 1. The summed E-state index contributed by atoms with van der Waals surface area (Å²) in [5.41, 5.74) is 0.418. The highest BCUT2D eigenvalue weighted by Gasteiger charge is 2.38. The Balaban J connectivity index is 1.59. The van der Waals surface area contributed by atoms with E-state index in [9.17, 15) is 13.2 Å². The Morgan fingerprint density at radius 1 is 1.10 bits per heavy atom. The van der Waals surface area contributed by atoms with Crippen molar-refractivity contribution in [2.75, 3.05) is 38.1 Å². The number of likely N-dealkylation sites (tertiary alicyclic amines) is 1. The molecule has 0 saturated carbocycles. The zero-order chi connectivity index (χ0) is 22.0. The number of nitrogens with zero attached hydrogens (tertiary/aromatic N) is 2. The van der Waals surface area contributed by atoms with E-state index >= 15 is 0 Å². The quantitative estimate of drug-likeness (QED) is 0.756. The molecule has 0 aliphatic carbocycles. The number of rotatable bonds is 5. The third-order valence-electron chi connectivity index (χ3n) is 5.74. The van der Waals surface area contributed by atoms with Gasteiger partial charge in [0.25, 0.3) is 15.9 Å². The molecule has 1 amide bonds. The van der Waals surface area contributed by atoms with Gasteiger partial charge in [0.05, 0.1) is 24.2 Å². The lowest BCUT2D eigenvalue weighted by atomic mass is 10.1. The fourth-order valence-electron chi connectivity index (χ4n) is 3.89. The monoisotopic (exact) mass is 445 g/mol. The number of piperidine rings is 1. The van der Waals surface area contributed by atoms with E-state index in [-0.39, 0.29) is 23.4 Å². The lowest BCUT2D eigenvalue weighted by Crippen LogP contribution is -2.53. The zero-order valence-corrected chi connectivity index (χ0v) is 18.5. The number of para-hydroxylation sites is 2. The van der Waals surface area contributed by atoms with Gasteiger partial charge in [0.2, 0.25) is 0 Å². The molecule has 1 fully saturated rings. The second-order valence-electron chi connectivity index (χ2n) is 7.87. The minimum absolute atomic E-state index is 0.0658. The van der Waals surface area contributed by atoms with Crippen LogP contribution in [0.2, 0.25) is 0 Å². The first-order valence-corrected chi connectivity index (χ1v) is 11.7. The molecule has 0 radical (unpaired) electrons. The van der Waals surface area contributed by atoms with Crippen molar-refractivity contribution in [2.45, 2.75) is 29.9 Å². The normalized spacial score (nSPS) is 19.9. The molecule has 9 heteroatoms. The molecule has 1 saturated heterocycles. The fourth-order valence-corrected chi connectivity index (χ4v) is 5.36. The maximum absolute atomic E-state index is 13.4. The molecule has 166 valence electrons. The Bertz CT molecular complexity index is 1030. The molecule has 1 N–H and O–H groups in total. The van der Waals surface area contributed by atoms with E-state index in [1.807, 2.05) is 0 Å². The SMILES string of the molecule is COc1ccc(S(=O)(=O)N2C[C@H](C(=O)NC3CCN(C)CC3)Oc3ccccc32)cc1. The Kier molecular flexibility index (Phi) is 6.06. The molecule has 2 aromatic rings. The van der Waals surface area contributed by atoms with Crippen LogP contribution in [-0.2, 0) is 14.8 Å². The first kappa shape index (κ1) is 21.5. The summed E-state index contributed by atoms with van der Waals surface area (Å²) in [6, 6.07) is 13.1. The van der Waals surface area contributed by atoms with Gasteiger partial charge in [-0.05, 0) is 69.4 Å². The van der Waals surface area contributed by atoms with Gasteiger partial charge < -0.3 is 19.7 Å². The smallest absolute Gasteiger partial charge is 0.264 e. The Morgan fingerprint density at radius 2 is 1.77 bits per heavy atom. The van der Waals surface area contributed by atoms with Gasteiger partial charge >= 0.3 is 0 Å². The molecule has 4 rings (SSSR count). The molecule has 2 heterocycles. The number of benzene rings is 2. The average molecular weight is 446 g/mol. The number of nitrogens with one attached hydrogen (secondary N) is 1. The van der Waals surface area contributed by atoms with Crippen molar-refractivity contribution in [3.05, 3.63) is 48.5 Å². The summed E-state index contributed by atoms with van der Waals surface area (Å²) in [7, 11) is -0.316. The highest BCUT2D eigenvalue weighted by molar-refractivity contribution is 7.92. The van der Waals surface area contributed by atoms with Crippen molar-refractivity contribution in [2.24, 2.45) is 0 Å². The summed E-state index contributed by atoms with van der Waals surface area (Å²) < 4.78 is 39.2. The summed E-state index contributed by atoms with van der Waals surface area (Å²) in [5.74, 6) is 0.644. The molecule has 2 aliphatic heterocycles. The van der Waals surface area contributed by atoms with Gasteiger partial charge in [0.1, 0.15) is 11.5 Å². The largest absolute Gasteiger partial charge is 0.497 e. The summed E-state index contributed by atoms with van der Waals surface area (Å²) in [6.07, 6.45) is 0.793. The van der Waals surface area contributed by atoms with Crippen LogP contribution >= 0.6 is 0 Å². The van der Waals surface area contributed by atoms with E-state index < -0.39 is 16.1 Å². The summed E-state index contributed by atoms with van der Waals surface area (Å²) in [4.78, 5) is 15.3. The fraction of sp³-hybridized carbons (Fsp3) is 0.409. The van der Waals surface area contributed by atoms with Crippen LogP contribution in [0.25, 0.3) is 0 Å². The molecule has 1 atom stereocenters. The first-order valence-electron chi connectivity index (χ1n) is 10.3. The highest BCUT2D eigenvalue weighted by Crippen LogP contribution is 2.37. The molecule has 0 aromatic heterocycles. The van der Waals surface area contributed by atoms with Crippen LogP contribution in [0.15, 0.2) is 53.4 Å². The van der Waals surface area contributed by atoms with E-state index in [2.05, 4.69) is 17.3 Å². The predicted molar refractivity (Wildman–Crippen MR) is 117 cm³/mol. The van der Waals surface area contributed by atoms with Gasteiger partial charge in [-0.25, -0.2) is 8.42 Å². The predicted octanol–water partition coefficient (Wildman–Crippen LogP) is 1.86. The number of hydrogen-bond acceptors (Lipinski definition) is 6. The first-order chi connectivity index (χ1) is 14.9. The maximum Gasteiger partial charge on any atom is 0.264 e.